The monoisotopic (exact) mass is 359 g/mol. The summed E-state index contributed by atoms with van der Waals surface area (Å²) in [6, 6.07) is 8.33. The molecule has 0 aromatic heterocycles. The van der Waals surface area contributed by atoms with Crippen molar-refractivity contribution in [3.05, 3.63) is 35.9 Å². The molecule has 2 heterocycles. The summed E-state index contributed by atoms with van der Waals surface area (Å²) in [5, 5.41) is 2.81. The second-order valence-electron chi connectivity index (χ2n) is 7.22. The van der Waals surface area contributed by atoms with Gasteiger partial charge in [0.25, 0.3) is 0 Å². The van der Waals surface area contributed by atoms with Gasteiger partial charge < -0.3 is 19.9 Å². The Balaban J connectivity index is 1.58. The minimum Gasteiger partial charge on any atom is -0.445 e. The number of amides is 3. The highest BCUT2D eigenvalue weighted by Crippen LogP contribution is 2.20. The molecule has 0 unspecified atom stereocenters. The van der Waals surface area contributed by atoms with Crippen molar-refractivity contribution in [2.45, 2.75) is 39.0 Å². The zero-order chi connectivity index (χ0) is 18.7. The summed E-state index contributed by atoms with van der Waals surface area (Å²) >= 11 is 0. The predicted molar refractivity (Wildman–Crippen MR) is 95.1 cm³/mol. The van der Waals surface area contributed by atoms with Crippen LogP contribution in [0.4, 0.5) is 4.79 Å². The molecular formula is C19H25N3O4. The van der Waals surface area contributed by atoms with Gasteiger partial charge in [-0.25, -0.2) is 4.79 Å². The predicted octanol–water partition coefficient (Wildman–Crippen LogP) is 1.38. The van der Waals surface area contributed by atoms with E-state index >= 15 is 0 Å². The van der Waals surface area contributed by atoms with E-state index in [1.807, 2.05) is 44.2 Å². The van der Waals surface area contributed by atoms with Gasteiger partial charge >= 0.3 is 6.09 Å². The number of nitrogens with one attached hydrogen (secondary N) is 1. The van der Waals surface area contributed by atoms with E-state index in [9.17, 15) is 14.4 Å². The van der Waals surface area contributed by atoms with Crippen LogP contribution < -0.4 is 5.32 Å². The largest absolute Gasteiger partial charge is 0.445 e. The van der Waals surface area contributed by atoms with Crippen molar-refractivity contribution in [2.75, 3.05) is 19.6 Å². The third kappa shape index (κ3) is 3.98. The van der Waals surface area contributed by atoms with Gasteiger partial charge in [-0.2, -0.15) is 0 Å². The molecule has 2 aliphatic heterocycles. The first-order chi connectivity index (χ1) is 12.5. The highest BCUT2D eigenvalue weighted by atomic mass is 16.6. The van der Waals surface area contributed by atoms with Crippen LogP contribution in [0, 0.1) is 5.92 Å². The number of carbonyl (C=O) groups excluding carboxylic acids is 3. The number of hydrogen-bond donors (Lipinski definition) is 1. The van der Waals surface area contributed by atoms with Crippen LogP contribution in [0.3, 0.4) is 0 Å². The van der Waals surface area contributed by atoms with Crippen LogP contribution in [-0.2, 0) is 20.9 Å². The van der Waals surface area contributed by atoms with E-state index in [-0.39, 0.29) is 25.0 Å². The zero-order valence-corrected chi connectivity index (χ0v) is 15.2. The van der Waals surface area contributed by atoms with Gasteiger partial charge in [-0.3, -0.25) is 9.59 Å². The fourth-order valence-electron chi connectivity index (χ4n) is 3.41. The lowest BCUT2D eigenvalue weighted by Crippen LogP contribution is -2.69. The molecule has 0 bridgehead atoms. The number of ether oxygens (including phenoxy) is 1. The minimum absolute atomic E-state index is 0.0550. The van der Waals surface area contributed by atoms with Gasteiger partial charge in [0.05, 0.1) is 6.54 Å². The van der Waals surface area contributed by atoms with Crippen molar-refractivity contribution in [3.8, 4) is 0 Å². The average Bonchev–Trinajstić information content (AvgIpc) is 2.64. The highest BCUT2D eigenvalue weighted by molar-refractivity contribution is 5.97. The van der Waals surface area contributed by atoms with Crippen molar-refractivity contribution >= 4 is 17.9 Å². The smallest absolute Gasteiger partial charge is 0.410 e. The van der Waals surface area contributed by atoms with Crippen molar-refractivity contribution in [3.63, 3.8) is 0 Å². The third-order valence-electron chi connectivity index (χ3n) is 4.75. The minimum atomic E-state index is -0.635. The number of fused-ring (bicyclic) bond motifs is 1. The summed E-state index contributed by atoms with van der Waals surface area (Å²) in [7, 11) is 0. The first kappa shape index (κ1) is 18.2. The molecule has 3 rings (SSSR count). The number of benzene rings is 1. The molecule has 0 spiro atoms. The Morgan fingerprint density at radius 3 is 2.65 bits per heavy atom. The lowest BCUT2D eigenvalue weighted by atomic mass is 9.97. The summed E-state index contributed by atoms with van der Waals surface area (Å²) in [6.07, 6.45) is 0.162. The lowest BCUT2D eigenvalue weighted by molar-refractivity contribution is -0.152. The molecule has 7 heteroatoms. The molecule has 140 valence electrons. The van der Waals surface area contributed by atoms with Crippen LogP contribution in [0.2, 0.25) is 0 Å². The van der Waals surface area contributed by atoms with Crippen LogP contribution in [0.1, 0.15) is 25.8 Å². The van der Waals surface area contributed by atoms with Gasteiger partial charge in [-0.1, -0.05) is 44.2 Å². The van der Waals surface area contributed by atoms with Crippen molar-refractivity contribution < 1.29 is 19.1 Å². The van der Waals surface area contributed by atoms with Crippen molar-refractivity contribution in [2.24, 2.45) is 5.92 Å². The van der Waals surface area contributed by atoms with Crippen LogP contribution in [0.5, 0.6) is 0 Å². The molecule has 1 aromatic rings. The molecule has 0 aliphatic carbocycles. The molecule has 3 amide bonds. The summed E-state index contributed by atoms with van der Waals surface area (Å²) in [4.78, 5) is 40.5. The van der Waals surface area contributed by atoms with E-state index in [1.54, 1.807) is 4.90 Å². The summed E-state index contributed by atoms with van der Waals surface area (Å²) < 4.78 is 5.33. The van der Waals surface area contributed by atoms with Gasteiger partial charge in [-0.05, 0) is 17.9 Å². The first-order valence-corrected chi connectivity index (χ1v) is 9.02. The van der Waals surface area contributed by atoms with Gasteiger partial charge in [0.1, 0.15) is 18.7 Å². The van der Waals surface area contributed by atoms with Gasteiger partial charge in [0.15, 0.2) is 0 Å². The second kappa shape index (κ2) is 7.76. The highest BCUT2D eigenvalue weighted by Gasteiger charge is 2.44. The maximum absolute atomic E-state index is 12.6. The van der Waals surface area contributed by atoms with Crippen LogP contribution in [0.25, 0.3) is 0 Å². The standard InChI is InChI=1S/C19H25N3O4/c1-13(2)10-15-18(24)22-9-8-21(11-16(22)17(23)20-15)19(25)26-12-14-6-4-3-5-7-14/h3-7,13,15-16H,8-12H2,1-2H3,(H,20,23)/t15-,16+/m0/s1. The van der Waals surface area contributed by atoms with Gasteiger partial charge in [0.2, 0.25) is 11.8 Å². The Morgan fingerprint density at radius 2 is 1.96 bits per heavy atom. The Bertz CT molecular complexity index is 677. The fourth-order valence-corrected chi connectivity index (χ4v) is 3.41. The second-order valence-corrected chi connectivity index (χ2v) is 7.22. The van der Waals surface area contributed by atoms with Crippen LogP contribution in [0.15, 0.2) is 30.3 Å². The van der Waals surface area contributed by atoms with Gasteiger partial charge in [0, 0.05) is 13.1 Å². The maximum atomic E-state index is 12.6. The zero-order valence-electron chi connectivity index (χ0n) is 15.2. The average molecular weight is 359 g/mol. The maximum Gasteiger partial charge on any atom is 0.410 e. The molecule has 2 fully saturated rings. The normalized spacial score (nSPS) is 22.9. The first-order valence-electron chi connectivity index (χ1n) is 9.02. The molecular weight excluding hydrogens is 334 g/mol. The number of piperazine rings is 2. The Morgan fingerprint density at radius 1 is 1.23 bits per heavy atom. The van der Waals surface area contributed by atoms with E-state index in [0.29, 0.717) is 25.4 Å². The van der Waals surface area contributed by atoms with E-state index < -0.39 is 18.2 Å². The molecule has 26 heavy (non-hydrogen) atoms. The summed E-state index contributed by atoms with van der Waals surface area (Å²) in [5.74, 6) is 0.0615. The quantitative estimate of drug-likeness (QED) is 0.881. The van der Waals surface area contributed by atoms with E-state index in [4.69, 9.17) is 4.74 Å². The Hall–Kier alpha value is -2.57. The molecule has 7 nitrogen and oxygen atoms in total. The third-order valence-corrected chi connectivity index (χ3v) is 4.75. The molecule has 0 radical (unpaired) electrons. The number of nitrogens with zero attached hydrogens (tertiary/aromatic N) is 2. The van der Waals surface area contributed by atoms with E-state index in [0.717, 1.165) is 5.56 Å². The molecule has 2 atom stereocenters. The summed E-state index contributed by atoms with van der Waals surface area (Å²) in [6.45, 7) is 5.12. The Kier molecular flexibility index (Phi) is 5.44. The lowest BCUT2D eigenvalue weighted by Gasteiger charge is -2.45. The fraction of sp³-hybridized carbons (Fsp3) is 0.526. The molecule has 0 saturated carbocycles. The van der Waals surface area contributed by atoms with Crippen molar-refractivity contribution in [1.29, 1.82) is 0 Å². The topological polar surface area (TPSA) is 79.0 Å². The molecule has 2 aliphatic rings. The van der Waals surface area contributed by atoms with E-state index in [1.165, 1.54) is 4.90 Å². The number of rotatable bonds is 4. The Labute approximate surface area is 153 Å². The van der Waals surface area contributed by atoms with Crippen LogP contribution in [-0.4, -0.2) is 59.4 Å². The van der Waals surface area contributed by atoms with Gasteiger partial charge in [-0.15, -0.1) is 0 Å². The summed E-state index contributed by atoms with van der Waals surface area (Å²) in [5.41, 5.74) is 0.904. The number of hydrogen-bond acceptors (Lipinski definition) is 4. The van der Waals surface area contributed by atoms with E-state index in [2.05, 4.69) is 5.32 Å². The van der Waals surface area contributed by atoms with Crippen molar-refractivity contribution in [1.82, 2.24) is 15.1 Å². The molecule has 1 N–H and O–H groups in total. The SMILES string of the molecule is CC(C)C[C@@H]1NC(=O)[C@H]2CN(C(=O)OCc3ccccc3)CCN2C1=O. The molecule has 1 aromatic carbocycles. The molecule has 2 saturated heterocycles. The number of carbonyl (C=O) groups is 3. The van der Waals surface area contributed by atoms with Crippen LogP contribution >= 0.6 is 0 Å².